The maximum absolute atomic E-state index is 2.57. The summed E-state index contributed by atoms with van der Waals surface area (Å²) in [6, 6.07) is 0. The summed E-state index contributed by atoms with van der Waals surface area (Å²) in [6.07, 6.45) is 14.5. The molecule has 12 atom stereocenters. The number of allylic oxidation sites excluding steroid dienone is 2. The molecule has 0 saturated heterocycles. The summed E-state index contributed by atoms with van der Waals surface area (Å²) < 4.78 is 0. The van der Waals surface area contributed by atoms with Crippen molar-refractivity contribution in [2.75, 3.05) is 0 Å². The molecule has 7 saturated carbocycles. The van der Waals surface area contributed by atoms with Crippen LogP contribution in [0.4, 0.5) is 0 Å². The van der Waals surface area contributed by atoms with Crippen molar-refractivity contribution in [2.45, 2.75) is 122 Å². The fourth-order valence-corrected chi connectivity index (χ4v) is 12.8. The van der Waals surface area contributed by atoms with E-state index in [9.17, 15) is 0 Å². The van der Waals surface area contributed by atoms with E-state index in [2.05, 4.69) is 67.5 Å². The van der Waals surface area contributed by atoms with E-state index < -0.39 is 0 Å². The third kappa shape index (κ3) is 3.12. The van der Waals surface area contributed by atoms with Gasteiger partial charge in [-0.25, -0.2) is 0 Å². The molecule has 0 amide bonds. The van der Waals surface area contributed by atoms with E-state index in [1.165, 1.54) is 12.8 Å². The van der Waals surface area contributed by atoms with Crippen LogP contribution in [0, 0.1) is 92.7 Å². The van der Waals surface area contributed by atoms with Crippen molar-refractivity contribution in [1.82, 2.24) is 0 Å². The normalized spacial score (nSPS) is 52.6. The Morgan fingerprint density at radius 1 is 0.417 bits per heavy atom. The van der Waals surface area contributed by atoms with Crippen molar-refractivity contribution in [2.24, 2.45) is 92.7 Å². The molecule has 0 nitrogen and oxygen atoms in total. The van der Waals surface area contributed by atoms with Gasteiger partial charge >= 0.3 is 0 Å². The lowest BCUT2D eigenvalue weighted by Crippen LogP contribution is -2.47. The monoisotopic (exact) mass is 494 g/mol. The molecule has 0 heterocycles. The quantitative estimate of drug-likeness (QED) is 0.232. The second-order valence-corrected chi connectivity index (χ2v) is 16.4. The predicted octanol–water partition coefficient (Wildman–Crippen LogP) is 10.5. The van der Waals surface area contributed by atoms with Crippen LogP contribution in [-0.2, 0) is 0 Å². The molecular weight excluding hydrogens is 432 g/mol. The minimum Gasteiger partial charge on any atom is -0.0848 e. The SMILES string of the molecule is CC.CC.CC1(C)C2CC(C3C4C=CC(C4)C32)C1(C)C.CC1(C)C2CC(C3C4CCC(C4)C32)C1(C)C. The number of rotatable bonds is 0. The topological polar surface area (TPSA) is 0 Å². The zero-order chi connectivity index (χ0) is 26.6. The molecule has 0 aromatic carbocycles. The van der Waals surface area contributed by atoms with Crippen LogP contribution < -0.4 is 0 Å². The summed E-state index contributed by atoms with van der Waals surface area (Å²) in [5.41, 5.74) is 2.33. The Morgan fingerprint density at radius 3 is 1.06 bits per heavy atom. The molecule has 36 heavy (non-hydrogen) atoms. The third-order valence-corrected chi connectivity index (χ3v) is 15.5. The van der Waals surface area contributed by atoms with Gasteiger partial charge in [0.2, 0.25) is 0 Å². The van der Waals surface area contributed by atoms with E-state index >= 15 is 0 Å². The van der Waals surface area contributed by atoms with E-state index in [0.717, 1.165) is 71.0 Å². The zero-order valence-electron chi connectivity index (χ0n) is 26.3. The average molecular weight is 495 g/mol. The van der Waals surface area contributed by atoms with Gasteiger partial charge in [-0.2, -0.15) is 0 Å². The van der Waals surface area contributed by atoms with E-state index in [0.29, 0.717) is 21.7 Å². The molecule has 0 aromatic rings. The molecule has 0 aromatic heterocycles. The largest absolute Gasteiger partial charge is 0.0848 e. The molecule has 0 N–H and O–H groups in total. The standard InChI is InChI=1S/C16H26.C16H24.2C2H6/c2*1-15(2)11-8-12(16(15,3)4)14-10-6-5-9(7-10)13(11)14;2*1-2/h9-14H,5-8H2,1-4H3;5-6,9-14H,7-8H2,1-4H3;2*1-2H3. The van der Waals surface area contributed by atoms with E-state index in [4.69, 9.17) is 0 Å². The lowest BCUT2D eigenvalue weighted by atomic mass is 9.52. The first-order chi connectivity index (χ1) is 16.9. The highest BCUT2D eigenvalue weighted by Gasteiger charge is 2.71. The van der Waals surface area contributed by atoms with Crippen LogP contribution in [0.1, 0.15) is 122 Å². The van der Waals surface area contributed by atoms with Crippen LogP contribution in [-0.4, -0.2) is 0 Å². The summed E-state index contributed by atoms with van der Waals surface area (Å²) in [5, 5.41) is 0. The van der Waals surface area contributed by atoms with Gasteiger partial charge < -0.3 is 0 Å². The lowest BCUT2D eigenvalue weighted by Gasteiger charge is -2.53. The molecule has 8 aliphatic carbocycles. The minimum absolute atomic E-state index is 0.567. The molecule has 8 bridgehead atoms. The van der Waals surface area contributed by atoms with Gasteiger partial charge in [-0.15, -0.1) is 0 Å². The third-order valence-electron chi connectivity index (χ3n) is 15.5. The highest BCUT2D eigenvalue weighted by molar-refractivity contribution is 5.25. The summed E-state index contributed by atoms with van der Waals surface area (Å²) in [6.45, 7) is 28.5. The molecule has 0 heteroatoms. The smallest absolute Gasteiger partial charge is 0.0194 e. The fraction of sp³-hybridized carbons (Fsp3) is 0.944. The van der Waals surface area contributed by atoms with Crippen LogP contribution in [0.2, 0.25) is 0 Å². The van der Waals surface area contributed by atoms with Gasteiger partial charge in [-0.3, -0.25) is 0 Å². The first kappa shape index (κ1) is 27.3. The van der Waals surface area contributed by atoms with Gasteiger partial charge in [0.15, 0.2) is 0 Å². The lowest BCUT2D eigenvalue weighted by molar-refractivity contribution is -0.0506. The Hall–Kier alpha value is -0.260. The van der Waals surface area contributed by atoms with Crippen LogP contribution in [0.5, 0.6) is 0 Å². The van der Waals surface area contributed by atoms with Crippen LogP contribution in [0.3, 0.4) is 0 Å². The Morgan fingerprint density at radius 2 is 0.722 bits per heavy atom. The Kier molecular flexibility index (Phi) is 6.54. The zero-order valence-corrected chi connectivity index (χ0v) is 26.3. The van der Waals surface area contributed by atoms with Crippen molar-refractivity contribution >= 4 is 0 Å². The Balaban J connectivity index is 0.000000131. The minimum atomic E-state index is 0.567. The Labute approximate surface area is 226 Å². The van der Waals surface area contributed by atoms with Crippen LogP contribution >= 0.6 is 0 Å². The summed E-state index contributed by atoms with van der Waals surface area (Å²) >= 11 is 0. The fourth-order valence-electron chi connectivity index (χ4n) is 12.8. The number of hydrogen-bond acceptors (Lipinski definition) is 0. The number of hydrogen-bond donors (Lipinski definition) is 0. The van der Waals surface area contributed by atoms with Gasteiger partial charge in [0.05, 0.1) is 0 Å². The van der Waals surface area contributed by atoms with Gasteiger partial charge in [-0.05, 0) is 131 Å². The second-order valence-electron chi connectivity index (χ2n) is 16.4. The Bertz CT molecular complexity index is 787. The number of fused-ring (bicyclic) bond motifs is 18. The molecule has 0 radical (unpaired) electrons. The molecule has 7 fully saturated rings. The predicted molar refractivity (Wildman–Crippen MR) is 157 cm³/mol. The molecule has 0 aliphatic heterocycles. The van der Waals surface area contributed by atoms with E-state index in [-0.39, 0.29) is 0 Å². The van der Waals surface area contributed by atoms with Crippen molar-refractivity contribution in [1.29, 1.82) is 0 Å². The van der Waals surface area contributed by atoms with Gasteiger partial charge in [-0.1, -0.05) is 95.2 Å². The molecule has 0 spiro atoms. The van der Waals surface area contributed by atoms with Crippen molar-refractivity contribution in [3.8, 4) is 0 Å². The molecule has 206 valence electrons. The van der Waals surface area contributed by atoms with E-state index in [1.807, 2.05) is 27.7 Å². The average Bonchev–Trinajstić information content (AvgIpc) is 3.68. The maximum Gasteiger partial charge on any atom is -0.0194 e. The summed E-state index contributed by atoms with van der Waals surface area (Å²) in [4.78, 5) is 0. The van der Waals surface area contributed by atoms with Crippen LogP contribution in [0.25, 0.3) is 0 Å². The first-order valence-electron chi connectivity index (χ1n) is 16.6. The van der Waals surface area contributed by atoms with Gasteiger partial charge in [0.1, 0.15) is 0 Å². The van der Waals surface area contributed by atoms with Gasteiger partial charge in [0.25, 0.3) is 0 Å². The summed E-state index contributed by atoms with van der Waals surface area (Å²) in [7, 11) is 0. The first-order valence-corrected chi connectivity index (χ1v) is 16.6. The second kappa shape index (κ2) is 8.62. The molecule has 12 unspecified atom stereocenters. The molecule has 8 rings (SSSR count). The van der Waals surface area contributed by atoms with Crippen molar-refractivity contribution in [3.05, 3.63) is 12.2 Å². The van der Waals surface area contributed by atoms with Crippen molar-refractivity contribution in [3.63, 3.8) is 0 Å². The van der Waals surface area contributed by atoms with Crippen molar-refractivity contribution < 1.29 is 0 Å². The molecular formula is C36H62. The summed E-state index contributed by atoms with van der Waals surface area (Å²) in [5.74, 6) is 12.8. The highest BCUT2D eigenvalue weighted by Crippen LogP contribution is 2.77. The maximum atomic E-state index is 2.57. The highest BCUT2D eigenvalue weighted by atomic mass is 14.8. The van der Waals surface area contributed by atoms with Gasteiger partial charge in [0, 0.05) is 0 Å². The van der Waals surface area contributed by atoms with Crippen LogP contribution in [0.15, 0.2) is 12.2 Å². The molecule has 8 aliphatic rings. The van der Waals surface area contributed by atoms with E-state index in [1.54, 1.807) is 25.7 Å².